The Morgan fingerprint density at radius 1 is 0.677 bits per heavy atom. The van der Waals surface area contributed by atoms with Gasteiger partial charge in [-0.25, -0.2) is 23.1 Å². The number of hydrogen-bond acceptors (Lipinski definition) is 17. The lowest BCUT2D eigenvalue weighted by atomic mass is 9.95. The summed E-state index contributed by atoms with van der Waals surface area (Å²) in [5.74, 6) is -3.82. The lowest BCUT2D eigenvalue weighted by Crippen LogP contribution is -2.56. The van der Waals surface area contributed by atoms with E-state index < -0.39 is 53.4 Å². The van der Waals surface area contributed by atoms with Crippen LogP contribution in [0, 0.1) is 59.2 Å². The van der Waals surface area contributed by atoms with Crippen LogP contribution in [0.1, 0.15) is 70.5 Å². The van der Waals surface area contributed by atoms with Crippen molar-refractivity contribution < 1.29 is 37.0 Å². The van der Waals surface area contributed by atoms with Crippen molar-refractivity contribution in [2.45, 2.75) is 95.4 Å². The number of aromatic nitrogens is 2. The molecule has 4 saturated heterocycles. The molecule has 5 atom stereocenters. The zero-order chi connectivity index (χ0) is 65.2. The molecule has 4 fully saturated rings. The first-order valence-electron chi connectivity index (χ1n) is 31.9. The van der Waals surface area contributed by atoms with E-state index in [4.69, 9.17) is 24.2 Å². The third-order valence-corrected chi connectivity index (χ3v) is 19.5. The van der Waals surface area contributed by atoms with Gasteiger partial charge < -0.3 is 48.5 Å². The molecular weight excluding hydrogens is 1190 g/mol. The van der Waals surface area contributed by atoms with E-state index in [1.54, 1.807) is 0 Å². The van der Waals surface area contributed by atoms with Crippen LogP contribution in [-0.4, -0.2) is 177 Å². The van der Waals surface area contributed by atoms with Crippen LogP contribution in [0.5, 0.6) is 11.8 Å². The number of nitriles is 4. The van der Waals surface area contributed by atoms with Crippen molar-refractivity contribution in [3.63, 3.8) is 0 Å². The molecule has 4 aromatic carbocycles. The number of fused-ring (bicyclic) bond motifs is 4. The van der Waals surface area contributed by atoms with Crippen LogP contribution < -0.4 is 29.1 Å². The molecule has 6 aliphatic rings. The standard InChI is InChI=1S/C71H75F3N14O5/c1-45-11-6-13-48-15-8-17-59(63(45)48)83-29-21-52-57(39-83)79-67(92-44-71(74)24-10-27-81(4)43-71)54(35-77)65(52)85-32-34-88(51(38-85)20-26-76)70(90)56(73)23-28-82-41-61(91-5)62(42-82)93-68-55(36-78)66(86-31-33-87(69(89)47(3)72)50(37-86)19-25-75)53-22-30-84(40-58(53)80-68)60-18-9-16-49-14-7-12-46(2)64(49)60/h6-9,11-18,23,50-51,61-62H,3,10,19-22,24,27-34,37-44H2,1-2,4-5H3/b56-23-/t50-,51-,61+,62?,71-/m0/s1. The molecule has 2 aromatic heterocycles. The summed E-state index contributed by atoms with van der Waals surface area (Å²) in [6.45, 7) is 11.1. The van der Waals surface area contributed by atoms with Crippen LogP contribution in [0.3, 0.4) is 0 Å². The van der Waals surface area contributed by atoms with Crippen molar-refractivity contribution >= 4 is 56.1 Å². The van der Waals surface area contributed by atoms with Crippen LogP contribution >= 0.6 is 0 Å². The fourth-order valence-corrected chi connectivity index (χ4v) is 15.0. The molecule has 0 spiro atoms. The second-order valence-electron chi connectivity index (χ2n) is 25.4. The van der Waals surface area contributed by atoms with Crippen LogP contribution in [0.15, 0.2) is 97.1 Å². The van der Waals surface area contributed by atoms with Gasteiger partial charge in [0.05, 0.1) is 72.9 Å². The van der Waals surface area contributed by atoms with E-state index in [1.165, 1.54) is 23.0 Å². The molecule has 480 valence electrons. The minimum atomic E-state index is -1.67. The third-order valence-electron chi connectivity index (χ3n) is 19.5. The molecule has 0 aliphatic carbocycles. The molecule has 6 aromatic rings. The van der Waals surface area contributed by atoms with Crippen molar-refractivity contribution in [1.82, 2.24) is 29.6 Å². The Morgan fingerprint density at radius 2 is 1.19 bits per heavy atom. The predicted octanol–water partition coefficient (Wildman–Crippen LogP) is 9.06. The number of rotatable bonds is 16. The second-order valence-corrected chi connectivity index (χ2v) is 25.4. The number of nitrogens with zero attached hydrogens (tertiary/aromatic N) is 14. The van der Waals surface area contributed by atoms with E-state index in [0.29, 0.717) is 74.6 Å². The Bertz CT molecular complexity index is 4130. The molecule has 12 rings (SSSR count). The van der Waals surface area contributed by atoms with Crippen LogP contribution in [0.25, 0.3) is 21.5 Å². The Kier molecular flexibility index (Phi) is 18.5. The first kappa shape index (κ1) is 63.7. The number of ether oxygens (including phenoxy) is 3. The number of anilines is 4. The van der Waals surface area contributed by atoms with E-state index >= 15 is 8.78 Å². The third kappa shape index (κ3) is 12.7. The normalized spacial score (nSPS) is 22.0. The molecule has 0 bridgehead atoms. The predicted molar refractivity (Wildman–Crippen MR) is 348 cm³/mol. The molecule has 93 heavy (non-hydrogen) atoms. The maximum atomic E-state index is 16.7. The van der Waals surface area contributed by atoms with Gasteiger partial charge in [-0.2, -0.15) is 21.0 Å². The first-order valence-corrected chi connectivity index (χ1v) is 31.9. The number of carbonyl (C=O) groups is 2. The van der Waals surface area contributed by atoms with Gasteiger partial charge in [0.1, 0.15) is 42.1 Å². The van der Waals surface area contributed by atoms with Crippen LogP contribution in [0.4, 0.5) is 35.9 Å². The van der Waals surface area contributed by atoms with Gasteiger partial charge in [0.15, 0.2) is 17.3 Å². The van der Waals surface area contributed by atoms with Crippen molar-refractivity contribution in [3.8, 4) is 36.0 Å². The first-order chi connectivity index (χ1) is 45.0. The summed E-state index contributed by atoms with van der Waals surface area (Å²) in [5.41, 5.74) is 7.08. The summed E-state index contributed by atoms with van der Waals surface area (Å²) in [7, 11) is 3.41. The van der Waals surface area contributed by atoms with Crippen molar-refractivity contribution in [3.05, 3.63) is 142 Å². The summed E-state index contributed by atoms with van der Waals surface area (Å²) >= 11 is 0. The summed E-state index contributed by atoms with van der Waals surface area (Å²) < 4.78 is 66.6. The van der Waals surface area contributed by atoms with Crippen molar-refractivity contribution in [2.24, 2.45) is 0 Å². The number of carbonyl (C=O) groups excluding carboxylic acids is 2. The Labute approximate surface area is 540 Å². The minimum Gasteiger partial charge on any atom is -0.473 e. The molecule has 8 heterocycles. The lowest BCUT2D eigenvalue weighted by Gasteiger charge is -2.43. The van der Waals surface area contributed by atoms with Gasteiger partial charge in [-0.3, -0.25) is 14.5 Å². The lowest BCUT2D eigenvalue weighted by molar-refractivity contribution is -0.132. The molecule has 22 heteroatoms. The summed E-state index contributed by atoms with van der Waals surface area (Å²) in [5, 5.41) is 46.7. The summed E-state index contributed by atoms with van der Waals surface area (Å²) in [6.07, 6.45) is 1.65. The largest absolute Gasteiger partial charge is 0.473 e. The van der Waals surface area contributed by atoms with Gasteiger partial charge >= 0.3 is 0 Å². The highest BCUT2D eigenvalue weighted by atomic mass is 19.1. The number of aryl methyl sites for hydroxylation is 2. The number of pyridine rings is 2. The average Bonchev–Trinajstić information content (AvgIpc) is 0.907. The number of piperazine rings is 2. The summed E-state index contributed by atoms with van der Waals surface area (Å²) in [6, 6.07) is 32.4. The molecule has 2 amide bonds. The number of likely N-dealkylation sites (tertiary alicyclic amines) is 2. The van der Waals surface area contributed by atoms with E-state index in [-0.39, 0.29) is 108 Å². The van der Waals surface area contributed by atoms with Crippen LogP contribution in [-0.2, 0) is 40.3 Å². The number of methoxy groups -OCH3 is 1. The van der Waals surface area contributed by atoms with Gasteiger partial charge in [0.25, 0.3) is 11.8 Å². The van der Waals surface area contributed by atoms with E-state index in [0.717, 1.165) is 61.7 Å². The van der Waals surface area contributed by atoms with Crippen LogP contribution in [0.2, 0.25) is 0 Å². The Balaban J connectivity index is 0.787. The smallest absolute Gasteiger partial charge is 0.282 e. The fourth-order valence-electron chi connectivity index (χ4n) is 15.0. The number of amides is 2. The molecule has 1 unspecified atom stereocenters. The highest BCUT2D eigenvalue weighted by Gasteiger charge is 2.42. The molecule has 19 nitrogen and oxygen atoms in total. The number of piperidine rings is 1. The number of halogens is 3. The van der Waals surface area contributed by atoms with E-state index in [9.17, 15) is 35.0 Å². The molecule has 0 radical (unpaired) electrons. The monoisotopic (exact) mass is 1260 g/mol. The second kappa shape index (κ2) is 27.0. The van der Waals surface area contributed by atoms with Gasteiger partial charge in [-0.1, -0.05) is 67.2 Å². The summed E-state index contributed by atoms with van der Waals surface area (Å²) in [4.78, 5) is 52.5. The average molecular weight is 1260 g/mol. The maximum absolute atomic E-state index is 16.7. The SMILES string of the molecule is C=C(F)C(=O)N1CCN(c2c(C#N)c(OC3CN(C/C=C(\F)C(=O)N4CCN(c5c(C#N)c(OC[C@]6(F)CCCN(C)C6)nc6c5CCN(c5cccc7cccc(C)c57)C6)C[C@@H]4CC#N)C[C@H]3OC)nc3c2CCN(c2cccc4cccc(C)c24)C3)C[C@@H]1CC#N. The maximum Gasteiger partial charge on any atom is 0.282 e. The quantitative estimate of drug-likeness (QED) is 0.0828. The Morgan fingerprint density at radius 3 is 1.71 bits per heavy atom. The topological polar surface area (TPSA) is 209 Å². The highest BCUT2D eigenvalue weighted by molar-refractivity contribution is 5.98. The molecule has 0 saturated carbocycles. The van der Waals surface area contributed by atoms with Gasteiger partial charge in [0.2, 0.25) is 11.8 Å². The van der Waals surface area contributed by atoms with Gasteiger partial charge in [-0.05, 0) is 93.2 Å². The minimum absolute atomic E-state index is 0.0216. The highest BCUT2D eigenvalue weighted by Crippen LogP contribution is 2.44. The number of benzene rings is 4. The number of alkyl halides is 1. The van der Waals surface area contributed by atoms with Gasteiger partial charge in [0, 0.05) is 119 Å². The molecule has 6 aliphatic heterocycles. The van der Waals surface area contributed by atoms with Crippen molar-refractivity contribution in [2.75, 3.05) is 125 Å². The molecule has 0 N–H and O–H groups in total. The fraction of sp³-hybridized carbons (Fsp3) is 0.437. The zero-order valence-corrected chi connectivity index (χ0v) is 53.0. The van der Waals surface area contributed by atoms with E-state index in [1.807, 2.05) is 50.9 Å². The van der Waals surface area contributed by atoms with Crippen molar-refractivity contribution in [1.29, 1.82) is 21.0 Å². The van der Waals surface area contributed by atoms with E-state index in [2.05, 4.69) is 103 Å². The zero-order valence-electron chi connectivity index (χ0n) is 53.0. The Hall–Kier alpha value is -9.45. The number of hydrogen-bond donors (Lipinski definition) is 0. The van der Waals surface area contributed by atoms with Gasteiger partial charge in [-0.15, -0.1) is 0 Å². The molecular formula is C71H75F3N14O5.